The summed E-state index contributed by atoms with van der Waals surface area (Å²) in [6.07, 6.45) is 2.69. The van der Waals surface area contributed by atoms with Gasteiger partial charge in [-0.25, -0.2) is 0 Å². The zero-order chi connectivity index (χ0) is 13.1. The van der Waals surface area contributed by atoms with Crippen LogP contribution in [0.2, 0.25) is 0 Å². The Morgan fingerprint density at radius 1 is 1.30 bits per heavy atom. The Hall–Kier alpha value is -0.770. The number of piperazine rings is 1. The first-order chi connectivity index (χ1) is 9.31. The van der Waals surface area contributed by atoms with E-state index in [1.54, 1.807) is 0 Å². The van der Waals surface area contributed by atoms with Gasteiger partial charge in [-0.3, -0.25) is 4.90 Å². The lowest BCUT2D eigenvalue weighted by Gasteiger charge is -2.32. The zero-order valence-corrected chi connectivity index (χ0v) is 13.0. The predicted octanol–water partition coefficient (Wildman–Crippen LogP) is 2.69. The number of para-hydroxylation sites is 1. The summed E-state index contributed by atoms with van der Waals surface area (Å²) in [5.74, 6) is 1.90. The minimum Gasteiger partial charge on any atom is -0.493 e. The number of hydrogen-bond donors (Lipinski definition) is 1. The van der Waals surface area contributed by atoms with E-state index in [9.17, 15) is 0 Å². The van der Waals surface area contributed by atoms with E-state index in [0.29, 0.717) is 6.04 Å². The van der Waals surface area contributed by atoms with Gasteiger partial charge in [-0.2, -0.15) is 0 Å². The van der Waals surface area contributed by atoms with E-state index in [1.165, 1.54) is 18.4 Å². The Morgan fingerprint density at radius 3 is 2.85 bits per heavy atom. The topological polar surface area (TPSA) is 24.5 Å². The Balaban J connectivity index is 0.00000147. The second kappa shape index (κ2) is 7.30. The summed E-state index contributed by atoms with van der Waals surface area (Å²) >= 11 is 0. The zero-order valence-electron chi connectivity index (χ0n) is 12.2. The smallest absolute Gasteiger partial charge is 0.123 e. The molecule has 1 aromatic rings. The second-order valence-electron chi connectivity index (χ2n) is 5.95. The lowest BCUT2D eigenvalue weighted by molar-refractivity contribution is 0.195. The maximum Gasteiger partial charge on any atom is 0.123 e. The van der Waals surface area contributed by atoms with Crippen molar-refractivity contribution in [1.29, 1.82) is 0 Å². The van der Waals surface area contributed by atoms with Crippen molar-refractivity contribution in [2.24, 2.45) is 5.92 Å². The molecule has 1 saturated heterocycles. The molecule has 0 unspecified atom stereocenters. The molecule has 3 nitrogen and oxygen atoms in total. The van der Waals surface area contributed by atoms with E-state index in [4.69, 9.17) is 4.74 Å². The maximum atomic E-state index is 5.99. The highest BCUT2D eigenvalue weighted by molar-refractivity contribution is 5.85. The summed E-state index contributed by atoms with van der Waals surface area (Å²) in [5.41, 5.74) is 1.33. The number of hydrogen-bond acceptors (Lipinski definition) is 3. The molecule has 1 atom stereocenters. The van der Waals surface area contributed by atoms with Crippen molar-refractivity contribution in [2.45, 2.75) is 32.4 Å². The van der Waals surface area contributed by atoms with Crippen LogP contribution in [0.15, 0.2) is 24.3 Å². The van der Waals surface area contributed by atoms with Gasteiger partial charge in [-0.15, -0.1) is 12.4 Å². The monoisotopic (exact) mass is 296 g/mol. The van der Waals surface area contributed by atoms with Crippen LogP contribution in [-0.2, 0) is 6.54 Å². The molecule has 1 saturated carbocycles. The molecule has 2 fully saturated rings. The van der Waals surface area contributed by atoms with Gasteiger partial charge in [0.05, 0.1) is 6.61 Å². The van der Waals surface area contributed by atoms with Crippen LogP contribution in [0.1, 0.15) is 25.3 Å². The van der Waals surface area contributed by atoms with Crippen LogP contribution in [0.5, 0.6) is 5.75 Å². The molecule has 1 aliphatic carbocycles. The molecule has 1 N–H and O–H groups in total. The van der Waals surface area contributed by atoms with Crippen LogP contribution in [0.3, 0.4) is 0 Å². The molecule has 0 radical (unpaired) electrons. The van der Waals surface area contributed by atoms with Crippen LogP contribution >= 0.6 is 12.4 Å². The number of benzene rings is 1. The van der Waals surface area contributed by atoms with Crippen LogP contribution in [0.4, 0.5) is 0 Å². The highest BCUT2D eigenvalue weighted by Gasteiger charge is 2.22. The van der Waals surface area contributed by atoms with Crippen LogP contribution in [-0.4, -0.2) is 37.2 Å². The largest absolute Gasteiger partial charge is 0.493 e. The standard InChI is InChI=1S/C16H24N2O.ClH/c1-13-10-18(9-8-17-13)11-15-4-2-3-5-16(15)19-12-14-6-7-14;/h2-5,13-14,17H,6-12H2,1H3;1H/t13-;/m1./s1. The van der Waals surface area contributed by atoms with Crippen molar-refractivity contribution in [3.63, 3.8) is 0 Å². The van der Waals surface area contributed by atoms with Gasteiger partial charge in [-0.1, -0.05) is 18.2 Å². The van der Waals surface area contributed by atoms with E-state index >= 15 is 0 Å². The van der Waals surface area contributed by atoms with Gasteiger partial charge in [0, 0.05) is 37.8 Å². The van der Waals surface area contributed by atoms with Gasteiger partial charge in [0.25, 0.3) is 0 Å². The van der Waals surface area contributed by atoms with Gasteiger partial charge in [0.2, 0.25) is 0 Å². The van der Waals surface area contributed by atoms with Gasteiger partial charge >= 0.3 is 0 Å². The first-order valence-corrected chi connectivity index (χ1v) is 7.47. The SMILES string of the molecule is C[C@@H]1CN(Cc2ccccc2OCC2CC2)CCN1.Cl. The predicted molar refractivity (Wildman–Crippen MR) is 84.7 cm³/mol. The number of nitrogens with one attached hydrogen (secondary N) is 1. The van der Waals surface area contributed by atoms with E-state index in [2.05, 4.69) is 41.4 Å². The highest BCUT2D eigenvalue weighted by atomic mass is 35.5. The molecule has 0 spiro atoms. The van der Waals surface area contributed by atoms with Gasteiger partial charge in [0.1, 0.15) is 5.75 Å². The molecular weight excluding hydrogens is 272 g/mol. The summed E-state index contributed by atoms with van der Waals surface area (Å²) in [5, 5.41) is 3.49. The van der Waals surface area contributed by atoms with Crippen LogP contribution in [0, 0.1) is 5.92 Å². The third kappa shape index (κ3) is 4.37. The van der Waals surface area contributed by atoms with Crippen LogP contribution in [0.25, 0.3) is 0 Å². The Labute approximate surface area is 128 Å². The molecule has 1 aliphatic heterocycles. The highest BCUT2D eigenvalue weighted by Crippen LogP contribution is 2.30. The number of ether oxygens (including phenoxy) is 1. The first kappa shape index (κ1) is 15.6. The normalized spacial score (nSPS) is 23.1. The fraction of sp³-hybridized carbons (Fsp3) is 0.625. The average Bonchev–Trinajstić information content (AvgIpc) is 3.22. The van der Waals surface area contributed by atoms with E-state index in [1.807, 2.05) is 0 Å². The quantitative estimate of drug-likeness (QED) is 0.904. The fourth-order valence-electron chi connectivity index (χ4n) is 2.66. The summed E-state index contributed by atoms with van der Waals surface area (Å²) < 4.78 is 5.99. The molecular formula is C16H25ClN2O. The molecule has 112 valence electrons. The average molecular weight is 297 g/mol. The summed E-state index contributed by atoms with van der Waals surface area (Å²) in [4.78, 5) is 2.51. The van der Waals surface area contributed by atoms with Gasteiger partial charge in [-0.05, 0) is 31.7 Å². The van der Waals surface area contributed by atoms with Crippen molar-refractivity contribution in [2.75, 3.05) is 26.2 Å². The number of halogens is 1. The fourth-order valence-corrected chi connectivity index (χ4v) is 2.66. The van der Waals surface area contributed by atoms with Crippen LogP contribution < -0.4 is 10.1 Å². The van der Waals surface area contributed by atoms with E-state index in [-0.39, 0.29) is 12.4 Å². The molecule has 20 heavy (non-hydrogen) atoms. The molecule has 0 aromatic heterocycles. The molecule has 4 heteroatoms. The van der Waals surface area contributed by atoms with E-state index in [0.717, 1.165) is 44.5 Å². The number of rotatable bonds is 5. The third-order valence-electron chi connectivity index (χ3n) is 3.99. The third-order valence-corrected chi connectivity index (χ3v) is 3.99. The Bertz CT molecular complexity index is 423. The number of nitrogens with zero attached hydrogens (tertiary/aromatic N) is 1. The van der Waals surface area contributed by atoms with Gasteiger partial charge < -0.3 is 10.1 Å². The Morgan fingerprint density at radius 2 is 2.10 bits per heavy atom. The molecule has 3 rings (SSSR count). The van der Waals surface area contributed by atoms with Crippen molar-refractivity contribution < 1.29 is 4.74 Å². The van der Waals surface area contributed by atoms with Gasteiger partial charge in [0.15, 0.2) is 0 Å². The molecule has 1 aromatic carbocycles. The molecule has 1 heterocycles. The first-order valence-electron chi connectivity index (χ1n) is 7.47. The molecule has 0 bridgehead atoms. The summed E-state index contributed by atoms with van der Waals surface area (Å²) in [7, 11) is 0. The second-order valence-corrected chi connectivity index (χ2v) is 5.95. The lowest BCUT2D eigenvalue weighted by atomic mass is 10.1. The minimum atomic E-state index is 0. The lowest BCUT2D eigenvalue weighted by Crippen LogP contribution is -2.48. The summed E-state index contributed by atoms with van der Waals surface area (Å²) in [6.45, 7) is 7.49. The Kier molecular flexibility index (Phi) is 5.70. The minimum absolute atomic E-state index is 0. The van der Waals surface area contributed by atoms with Crippen molar-refractivity contribution >= 4 is 12.4 Å². The molecule has 0 amide bonds. The van der Waals surface area contributed by atoms with Crippen molar-refractivity contribution in [1.82, 2.24) is 10.2 Å². The summed E-state index contributed by atoms with van der Waals surface area (Å²) in [6, 6.07) is 9.10. The maximum absolute atomic E-state index is 5.99. The molecule has 2 aliphatic rings. The van der Waals surface area contributed by atoms with Crippen molar-refractivity contribution in [3.05, 3.63) is 29.8 Å². The van der Waals surface area contributed by atoms with E-state index < -0.39 is 0 Å². The van der Waals surface area contributed by atoms with Crippen molar-refractivity contribution in [3.8, 4) is 5.75 Å².